The monoisotopic (exact) mass is 372 g/mol. The molecule has 2 rings (SSSR count). The smallest absolute Gasteiger partial charge is 0.226 e. The second-order valence-corrected chi connectivity index (χ2v) is 5.90. The highest BCUT2D eigenvalue weighted by Gasteiger charge is 2.58. The molecule has 0 aromatic heterocycles. The van der Waals surface area contributed by atoms with E-state index in [2.05, 4.69) is 0 Å². The molecule has 0 saturated carbocycles. The minimum absolute atomic E-state index is 0.713. The van der Waals surface area contributed by atoms with Crippen molar-refractivity contribution in [2.24, 2.45) is 0 Å². The fourth-order valence-electron chi connectivity index (χ4n) is 2.84. The summed E-state index contributed by atoms with van der Waals surface area (Å²) in [6, 6.07) is 0. The molecule has 12 heteroatoms. The molecule has 0 bridgehead atoms. The molecule has 2 aliphatic heterocycles. The van der Waals surface area contributed by atoms with Crippen LogP contribution in [0.3, 0.4) is 0 Å². The van der Waals surface area contributed by atoms with Crippen molar-refractivity contribution in [2.45, 2.75) is 61.1 Å². The van der Waals surface area contributed by atoms with E-state index in [4.69, 9.17) is 18.9 Å². The quantitative estimate of drug-likeness (QED) is 0.213. The molecule has 25 heavy (non-hydrogen) atoms. The van der Waals surface area contributed by atoms with Crippen LogP contribution in [0.1, 0.15) is 0 Å². The zero-order valence-electron chi connectivity index (χ0n) is 13.3. The first kappa shape index (κ1) is 20.8. The highest BCUT2D eigenvalue weighted by atomic mass is 16.7. The molecule has 0 radical (unpaired) electrons. The summed E-state index contributed by atoms with van der Waals surface area (Å²) in [5.41, 5.74) is 0. The van der Waals surface area contributed by atoms with Crippen LogP contribution in [-0.2, 0) is 18.9 Å². The van der Waals surface area contributed by atoms with Crippen molar-refractivity contribution in [1.29, 1.82) is 0 Å². The minimum Gasteiger partial charge on any atom is -0.394 e. The van der Waals surface area contributed by atoms with E-state index in [1.165, 1.54) is 0 Å². The Morgan fingerprint density at radius 3 is 2.00 bits per heavy atom. The Morgan fingerprint density at radius 1 is 0.880 bits per heavy atom. The number of ether oxygens (including phenoxy) is 4. The fourth-order valence-corrected chi connectivity index (χ4v) is 2.84. The average Bonchev–Trinajstić information content (AvgIpc) is 2.61. The summed E-state index contributed by atoms with van der Waals surface area (Å²) in [6.07, 6.45) is -15.0. The second-order valence-electron chi connectivity index (χ2n) is 5.90. The Bertz CT molecular complexity index is 435. The first-order chi connectivity index (χ1) is 11.7. The molecule has 2 aliphatic rings. The van der Waals surface area contributed by atoms with Gasteiger partial charge in [-0.25, -0.2) is 0 Å². The van der Waals surface area contributed by atoms with Crippen LogP contribution in [0.2, 0.25) is 0 Å². The predicted molar refractivity (Wildman–Crippen MR) is 74.6 cm³/mol. The maximum atomic E-state index is 10.3. The second kappa shape index (κ2) is 8.04. The minimum atomic E-state index is -2.55. The van der Waals surface area contributed by atoms with E-state index in [1.807, 2.05) is 0 Å². The van der Waals surface area contributed by atoms with Gasteiger partial charge in [0.25, 0.3) is 0 Å². The molecule has 148 valence electrons. The van der Waals surface area contributed by atoms with Crippen LogP contribution >= 0.6 is 0 Å². The summed E-state index contributed by atoms with van der Waals surface area (Å²) in [6.45, 7) is -1.47. The van der Waals surface area contributed by atoms with Crippen molar-refractivity contribution >= 4 is 0 Å². The molecule has 0 amide bonds. The highest BCUT2D eigenvalue weighted by Crippen LogP contribution is 2.33. The lowest BCUT2D eigenvalue weighted by molar-refractivity contribution is -0.411. The van der Waals surface area contributed by atoms with E-state index in [9.17, 15) is 40.9 Å². The van der Waals surface area contributed by atoms with Crippen molar-refractivity contribution in [1.82, 2.24) is 0 Å². The number of methoxy groups -OCH3 is 1. The van der Waals surface area contributed by atoms with Crippen molar-refractivity contribution in [3.8, 4) is 0 Å². The molecule has 2 fully saturated rings. The van der Waals surface area contributed by atoms with Crippen LogP contribution in [0.15, 0.2) is 0 Å². The maximum absolute atomic E-state index is 10.3. The molecule has 0 unspecified atom stereocenters. The largest absolute Gasteiger partial charge is 0.394 e. The molecular weight excluding hydrogens is 348 g/mol. The summed E-state index contributed by atoms with van der Waals surface area (Å²) >= 11 is 0. The summed E-state index contributed by atoms with van der Waals surface area (Å²) in [5.74, 6) is -2.55. The molecule has 0 aromatic carbocycles. The van der Waals surface area contributed by atoms with Gasteiger partial charge in [-0.2, -0.15) is 0 Å². The van der Waals surface area contributed by atoms with Crippen LogP contribution in [0.25, 0.3) is 0 Å². The Morgan fingerprint density at radius 2 is 1.48 bits per heavy atom. The molecule has 2 heterocycles. The fraction of sp³-hybridized carbons (Fsp3) is 1.00. The number of aliphatic hydroxyl groups is 8. The number of rotatable bonds is 5. The molecule has 0 aromatic rings. The van der Waals surface area contributed by atoms with Crippen molar-refractivity contribution in [2.75, 3.05) is 20.3 Å². The van der Waals surface area contributed by atoms with Crippen molar-refractivity contribution in [3.63, 3.8) is 0 Å². The van der Waals surface area contributed by atoms with E-state index < -0.39 is 74.3 Å². The first-order valence-electron chi connectivity index (χ1n) is 7.57. The number of aliphatic hydroxyl groups excluding tert-OH is 7. The van der Waals surface area contributed by atoms with Gasteiger partial charge in [0.1, 0.15) is 36.6 Å². The van der Waals surface area contributed by atoms with Gasteiger partial charge in [-0.3, -0.25) is 0 Å². The predicted octanol–water partition coefficient (Wildman–Crippen LogP) is -5.42. The van der Waals surface area contributed by atoms with Crippen LogP contribution in [0.5, 0.6) is 0 Å². The Kier molecular flexibility index (Phi) is 6.70. The topological polar surface area (TPSA) is 199 Å². The third kappa shape index (κ3) is 3.66. The van der Waals surface area contributed by atoms with Gasteiger partial charge >= 0.3 is 0 Å². The van der Waals surface area contributed by atoms with Gasteiger partial charge in [-0.1, -0.05) is 0 Å². The first-order valence-corrected chi connectivity index (χ1v) is 7.57. The number of hydrogen-bond acceptors (Lipinski definition) is 12. The summed E-state index contributed by atoms with van der Waals surface area (Å²) in [5, 5.41) is 78.1. The molecule has 8 N–H and O–H groups in total. The van der Waals surface area contributed by atoms with E-state index in [-0.39, 0.29) is 0 Å². The van der Waals surface area contributed by atoms with E-state index in [0.717, 1.165) is 7.11 Å². The molecule has 12 nitrogen and oxygen atoms in total. The molecule has 0 spiro atoms. The summed E-state index contributed by atoms with van der Waals surface area (Å²) < 4.78 is 20.1. The Balaban J connectivity index is 2.21. The lowest BCUT2D eigenvalue weighted by Gasteiger charge is -2.48. The standard InChI is InChI=1S/C13H24O12/c1-22-13(21)9(18)5(3-15)24-12(10(13)19)25-8-4(2-14)23-11(20)7(17)6(8)16/h4-12,14-21H,2-3H2,1H3/t4-,5-,6-,7-,8-,9-,10-,11-,12+,13+/m1/s1. The third-order valence-electron chi connectivity index (χ3n) is 4.40. The van der Waals surface area contributed by atoms with Crippen molar-refractivity contribution < 1.29 is 59.8 Å². The van der Waals surface area contributed by atoms with Gasteiger partial charge in [0.2, 0.25) is 5.79 Å². The summed E-state index contributed by atoms with van der Waals surface area (Å²) in [7, 11) is 0.998. The van der Waals surface area contributed by atoms with Gasteiger partial charge in [-0.05, 0) is 0 Å². The van der Waals surface area contributed by atoms with E-state index in [0.29, 0.717) is 0 Å². The van der Waals surface area contributed by atoms with Crippen LogP contribution in [0.4, 0.5) is 0 Å². The van der Waals surface area contributed by atoms with Gasteiger partial charge < -0.3 is 59.8 Å². The SMILES string of the molecule is CO[C@]1(O)[C@H](O)[C@H](O[C@H]2[C@H](O)[C@@H](O)[C@H](O)O[C@@H]2CO)O[C@H](CO)[C@H]1O. The van der Waals surface area contributed by atoms with Gasteiger partial charge in [-0.15, -0.1) is 0 Å². The highest BCUT2D eigenvalue weighted by molar-refractivity contribution is 4.97. The normalized spacial score (nSPS) is 51.5. The van der Waals surface area contributed by atoms with Crippen molar-refractivity contribution in [3.05, 3.63) is 0 Å². The van der Waals surface area contributed by atoms with E-state index >= 15 is 0 Å². The maximum Gasteiger partial charge on any atom is 0.226 e. The van der Waals surface area contributed by atoms with Crippen LogP contribution < -0.4 is 0 Å². The zero-order chi connectivity index (χ0) is 18.9. The Labute approximate surface area is 142 Å². The molecule has 0 aliphatic carbocycles. The van der Waals surface area contributed by atoms with Crippen LogP contribution in [0, 0.1) is 0 Å². The molecule has 2 saturated heterocycles. The Hall–Kier alpha value is -0.480. The molecular formula is C13H24O12. The molecule has 10 atom stereocenters. The number of hydrogen-bond donors (Lipinski definition) is 8. The lowest BCUT2D eigenvalue weighted by Crippen LogP contribution is -2.70. The van der Waals surface area contributed by atoms with E-state index in [1.54, 1.807) is 0 Å². The average molecular weight is 372 g/mol. The zero-order valence-corrected chi connectivity index (χ0v) is 13.3. The van der Waals surface area contributed by atoms with Gasteiger partial charge in [0.05, 0.1) is 13.2 Å². The summed E-state index contributed by atoms with van der Waals surface area (Å²) in [4.78, 5) is 0. The lowest BCUT2D eigenvalue weighted by atomic mass is 9.94. The third-order valence-corrected chi connectivity index (χ3v) is 4.40. The van der Waals surface area contributed by atoms with Gasteiger partial charge in [0.15, 0.2) is 18.7 Å². The van der Waals surface area contributed by atoms with Crippen LogP contribution in [-0.4, -0.2) is 122 Å². The van der Waals surface area contributed by atoms with Gasteiger partial charge in [0, 0.05) is 7.11 Å².